The van der Waals surface area contributed by atoms with E-state index in [0.29, 0.717) is 35.8 Å². The number of hydrogen-bond donors (Lipinski definition) is 0. The number of hydrogen-bond acceptors (Lipinski definition) is 5. The first-order chi connectivity index (χ1) is 12.3. The van der Waals surface area contributed by atoms with Crippen LogP contribution in [0.2, 0.25) is 5.02 Å². The third kappa shape index (κ3) is 4.00. The molecule has 7 heteroatoms. The van der Waals surface area contributed by atoms with Crippen molar-refractivity contribution >= 4 is 28.5 Å². The molecule has 136 valence electrons. The number of likely N-dealkylation sites (tertiary alicyclic amines) is 1. The molecule has 0 radical (unpaired) electrons. The first kappa shape index (κ1) is 18.3. The smallest absolute Gasteiger partial charge is 0.410 e. The third-order valence-corrected chi connectivity index (χ3v) is 4.28. The predicted molar refractivity (Wildman–Crippen MR) is 98.3 cm³/mol. The number of ether oxygens (including phenoxy) is 2. The number of aromatic nitrogens is 1. The summed E-state index contributed by atoms with van der Waals surface area (Å²) in [7, 11) is 0. The minimum absolute atomic E-state index is 0.233. The molecule has 0 aliphatic carbocycles. The lowest BCUT2D eigenvalue weighted by molar-refractivity contribution is 0.0275. The molecule has 1 amide bonds. The maximum atomic E-state index is 12.2. The second kappa shape index (κ2) is 7.00. The summed E-state index contributed by atoms with van der Waals surface area (Å²) in [4.78, 5) is 18.1. The van der Waals surface area contributed by atoms with Gasteiger partial charge < -0.3 is 14.4 Å². The molecule has 6 nitrogen and oxygen atoms in total. The summed E-state index contributed by atoms with van der Waals surface area (Å²) in [6.45, 7) is 6.45. The summed E-state index contributed by atoms with van der Waals surface area (Å²) in [5.74, 6) is 0.320. The SMILES string of the molecule is CC(C)(C)OC(=O)N1CC[C@H](Oc2nc(C#N)cc3cccc(Cl)c23)C1. The highest BCUT2D eigenvalue weighted by Gasteiger charge is 2.31. The molecule has 1 aromatic carbocycles. The average Bonchev–Trinajstić information content (AvgIpc) is 3.01. The van der Waals surface area contributed by atoms with E-state index in [2.05, 4.69) is 4.98 Å². The van der Waals surface area contributed by atoms with Gasteiger partial charge in [0, 0.05) is 13.0 Å². The molecule has 0 bridgehead atoms. The van der Waals surface area contributed by atoms with Crippen LogP contribution < -0.4 is 4.74 Å². The molecule has 3 rings (SSSR count). The van der Waals surface area contributed by atoms with Gasteiger partial charge in [-0.15, -0.1) is 0 Å². The molecular formula is C19H20ClN3O3. The van der Waals surface area contributed by atoms with Crippen LogP contribution in [0.25, 0.3) is 10.8 Å². The number of fused-ring (bicyclic) bond motifs is 1. The lowest BCUT2D eigenvalue weighted by Crippen LogP contribution is -2.36. The van der Waals surface area contributed by atoms with Crippen molar-refractivity contribution < 1.29 is 14.3 Å². The average molecular weight is 374 g/mol. The molecule has 0 saturated carbocycles. The van der Waals surface area contributed by atoms with Gasteiger partial charge in [0.25, 0.3) is 0 Å². The molecule has 1 atom stereocenters. The Bertz CT molecular complexity index is 886. The highest BCUT2D eigenvalue weighted by molar-refractivity contribution is 6.36. The Hall–Kier alpha value is -2.52. The van der Waals surface area contributed by atoms with E-state index in [1.54, 1.807) is 17.0 Å². The summed E-state index contributed by atoms with van der Waals surface area (Å²) in [5, 5.41) is 11.2. The maximum absolute atomic E-state index is 12.2. The van der Waals surface area contributed by atoms with Crippen LogP contribution in [0.3, 0.4) is 0 Å². The van der Waals surface area contributed by atoms with E-state index in [4.69, 9.17) is 21.1 Å². The van der Waals surface area contributed by atoms with Crippen molar-refractivity contribution in [3.63, 3.8) is 0 Å². The minimum atomic E-state index is -0.539. The summed E-state index contributed by atoms with van der Waals surface area (Å²) in [6, 6.07) is 9.14. The Balaban J connectivity index is 1.80. The molecule has 2 aromatic rings. The molecule has 1 aromatic heterocycles. The Labute approximate surface area is 157 Å². The zero-order valence-electron chi connectivity index (χ0n) is 15.0. The second-order valence-electron chi connectivity index (χ2n) is 7.22. The summed E-state index contributed by atoms with van der Waals surface area (Å²) in [6.07, 6.45) is 0.0672. The minimum Gasteiger partial charge on any atom is -0.472 e. The highest BCUT2D eigenvalue weighted by atomic mass is 35.5. The van der Waals surface area contributed by atoms with Gasteiger partial charge in [0.1, 0.15) is 23.5 Å². The van der Waals surface area contributed by atoms with Crippen LogP contribution in [0.5, 0.6) is 5.88 Å². The van der Waals surface area contributed by atoms with E-state index in [1.807, 2.05) is 39.0 Å². The molecular weight excluding hydrogens is 354 g/mol. The molecule has 1 aliphatic heterocycles. The van der Waals surface area contributed by atoms with Gasteiger partial charge in [0.05, 0.1) is 17.0 Å². The van der Waals surface area contributed by atoms with Gasteiger partial charge >= 0.3 is 6.09 Å². The van der Waals surface area contributed by atoms with E-state index in [0.717, 1.165) is 5.39 Å². The molecule has 1 aliphatic rings. The predicted octanol–water partition coefficient (Wildman–Crippen LogP) is 4.15. The monoisotopic (exact) mass is 373 g/mol. The van der Waals surface area contributed by atoms with Crippen LogP contribution in [-0.2, 0) is 4.74 Å². The quantitative estimate of drug-likeness (QED) is 0.790. The van der Waals surface area contributed by atoms with Gasteiger partial charge in [-0.2, -0.15) is 5.26 Å². The van der Waals surface area contributed by atoms with Crippen LogP contribution in [0.15, 0.2) is 24.3 Å². The Morgan fingerprint density at radius 1 is 1.42 bits per heavy atom. The number of nitriles is 1. The number of benzene rings is 1. The maximum Gasteiger partial charge on any atom is 0.410 e. The van der Waals surface area contributed by atoms with Gasteiger partial charge in [-0.1, -0.05) is 23.7 Å². The van der Waals surface area contributed by atoms with Crippen molar-refractivity contribution in [1.82, 2.24) is 9.88 Å². The van der Waals surface area contributed by atoms with E-state index in [-0.39, 0.29) is 17.9 Å². The number of carbonyl (C=O) groups excluding carboxylic acids is 1. The largest absolute Gasteiger partial charge is 0.472 e. The van der Waals surface area contributed by atoms with E-state index < -0.39 is 5.60 Å². The van der Waals surface area contributed by atoms with Crippen molar-refractivity contribution in [2.24, 2.45) is 0 Å². The lowest BCUT2D eigenvalue weighted by atomic mass is 10.1. The first-order valence-electron chi connectivity index (χ1n) is 8.41. The summed E-state index contributed by atoms with van der Waals surface area (Å²) >= 11 is 6.31. The molecule has 1 fully saturated rings. The normalized spacial score (nSPS) is 17.2. The van der Waals surface area contributed by atoms with Gasteiger partial charge in [-0.3, -0.25) is 0 Å². The number of carbonyl (C=O) groups is 1. The van der Waals surface area contributed by atoms with Crippen LogP contribution in [-0.4, -0.2) is 40.8 Å². The van der Waals surface area contributed by atoms with Crippen LogP contribution in [0, 0.1) is 11.3 Å². The second-order valence-corrected chi connectivity index (χ2v) is 7.62. The van der Waals surface area contributed by atoms with Gasteiger partial charge in [-0.25, -0.2) is 9.78 Å². The van der Waals surface area contributed by atoms with Crippen molar-refractivity contribution in [1.29, 1.82) is 5.26 Å². The molecule has 0 unspecified atom stereocenters. The Morgan fingerprint density at radius 2 is 2.19 bits per heavy atom. The summed E-state index contributed by atoms with van der Waals surface area (Å²) in [5.41, 5.74) is -0.278. The van der Waals surface area contributed by atoms with Crippen molar-refractivity contribution in [3.8, 4) is 11.9 Å². The van der Waals surface area contributed by atoms with E-state index >= 15 is 0 Å². The fraction of sp³-hybridized carbons (Fsp3) is 0.421. The molecule has 2 heterocycles. The van der Waals surface area contributed by atoms with E-state index in [9.17, 15) is 10.1 Å². The Kier molecular flexibility index (Phi) is 4.92. The standard InChI is InChI=1S/C19H20ClN3O3/c1-19(2,3)26-18(24)23-8-7-14(11-23)25-17-16-12(5-4-6-15(16)20)9-13(10-21)22-17/h4-6,9,14H,7-8,11H2,1-3H3/t14-/m0/s1. The number of rotatable bonds is 2. The first-order valence-corrected chi connectivity index (χ1v) is 8.78. The lowest BCUT2D eigenvalue weighted by Gasteiger charge is -2.24. The number of nitrogens with zero attached hydrogens (tertiary/aromatic N) is 3. The zero-order valence-corrected chi connectivity index (χ0v) is 15.7. The molecule has 1 saturated heterocycles. The topological polar surface area (TPSA) is 75.4 Å². The molecule has 0 spiro atoms. The highest BCUT2D eigenvalue weighted by Crippen LogP contribution is 2.32. The number of amides is 1. The van der Waals surface area contributed by atoms with Gasteiger partial charge in [-0.05, 0) is 38.3 Å². The number of pyridine rings is 1. The van der Waals surface area contributed by atoms with Crippen LogP contribution >= 0.6 is 11.6 Å². The van der Waals surface area contributed by atoms with Crippen LogP contribution in [0.4, 0.5) is 4.79 Å². The summed E-state index contributed by atoms with van der Waals surface area (Å²) < 4.78 is 11.4. The Morgan fingerprint density at radius 3 is 2.88 bits per heavy atom. The number of halogens is 1. The third-order valence-electron chi connectivity index (χ3n) is 3.96. The molecule has 26 heavy (non-hydrogen) atoms. The van der Waals surface area contributed by atoms with Crippen molar-refractivity contribution in [2.75, 3.05) is 13.1 Å². The fourth-order valence-corrected chi connectivity index (χ4v) is 3.11. The van der Waals surface area contributed by atoms with Crippen molar-refractivity contribution in [3.05, 3.63) is 35.0 Å². The molecule has 0 N–H and O–H groups in total. The van der Waals surface area contributed by atoms with Crippen LogP contribution in [0.1, 0.15) is 32.9 Å². The zero-order chi connectivity index (χ0) is 18.9. The van der Waals surface area contributed by atoms with Gasteiger partial charge in [0.2, 0.25) is 5.88 Å². The fourth-order valence-electron chi connectivity index (χ4n) is 2.85. The van der Waals surface area contributed by atoms with Gasteiger partial charge in [0.15, 0.2) is 0 Å². The van der Waals surface area contributed by atoms with Crippen molar-refractivity contribution in [2.45, 2.75) is 38.9 Å². The van der Waals surface area contributed by atoms with E-state index in [1.165, 1.54) is 0 Å².